The Morgan fingerprint density at radius 2 is 1.96 bits per heavy atom. The summed E-state index contributed by atoms with van der Waals surface area (Å²) in [5.41, 5.74) is 4.52. The van der Waals surface area contributed by atoms with E-state index in [0.717, 1.165) is 68.5 Å². The van der Waals surface area contributed by atoms with Crippen LogP contribution in [0.1, 0.15) is 31.1 Å². The van der Waals surface area contributed by atoms with E-state index < -0.39 is 0 Å². The number of fused-ring (bicyclic) bond motifs is 3. The van der Waals surface area contributed by atoms with Gasteiger partial charge < -0.3 is 19.6 Å². The minimum absolute atomic E-state index is 0.510. The van der Waals surface area contributed by atoms with Gasteiger partial charge in [0.1, 0.15) is 28.8 Å². The molecule has 0 saturated heterocycles. The van der Waals surface area contributed by atoms with Crippen molar-refractivity contribution >= 4 is 27.8 Å². The molecule has 0 atom stereocenters. The minimum Gasteiger partial charge on any atom is -0.496 e. The van der Waals surface area contributed by atoms with Crippen LogP contribution in [0, 0.1) is 26.7 Å². The third-order valence-corrected chi connectivity index (χ3v) is 4.86. The van der Waals surface area contributed by atoms with Crippen LogP contribution < -0.4 is 10.1 Å². The van der Waals surface area contributed by atoms with Crippen molar-refractivity contribution in [2.24, 2.45) is 5.92 Å². The zero-order valence-corrected chi connectivity index (χ0v) is 17.1. The lowest BCUT2D eigenvalue weighted by Crippen LogP contribution is -2.10. The fourth-order valence-corrected chi connectivity index (χ4v) is 3.60. The molecule has 0 fully saturated rings. The molecular formula is C21H25N5O2. The lowest BCUT2D eigenvalue weighted by atomic mass is 10.0. The van der Waals surface area contributed by atoms with Crippen molar-refractivity contribution in [2.75, 3.05) is 19.0 Å². The standard InChI is InChI=1S/C21H25N5O2/c1-10(2)9-22-20-19-14-8-17(27-6)15(18-11(3)26-28-12(18)4)7-16(14)25-21(19)24-13(5)23-20/h7-8,10H,9H2,1-6H3,(H2,22,23,24,25). The zero-order chi connectivity index (χ0) is 20.0. The van der Waals surface area contributed by atoms with Gasteiger partial charge in [0, 0.05) is 23.0 Å². The maximum absolute atomic E-state index is 5.72. The van der Waals surface area contributed by atoms with Crippen molar-refractivity contribution in [1.29, 1.82) is 0 Å². The van der Waals surface area contributed by atoms with Gasteiger partial charge in [-0.2, -0.15) is 0 Å². The van der Waals surface area contributed by atoms with Gasteiger partial charge in [0.2, 0.25) is 0 Å². The highest BCUT2D eigenvalue weighted by Crippen LogP contribution is 2.40. The van der Waals surface area contributed by atoms with Crippen molar-refractivity contribution in [3.8, 4) is 16.9 Å². The molecule has 7 nitrogen and oxygen atoms in total. The lowest BCUT2D eigenvalue weighted by Gasteiger charge is -2.11. The highest BCUT2D eigenvalue weighted by atomic mass is 16.5. The van der Waals surface area contributed by atoms with Crippen LogP contribution in [0.15, 0.2) is 16.7 Å². The van der Waals surface area contributed by atoms with E-state index in [1.54, 1.807) is 7.11 Å². The number of hydrogen-bond donors (Lipinski definition) is 2. The van der Waals surface area contributed by atoms with Gasteiger partial charge >= 0.3 is 0 Å². The number of benzene rings is 1. The molecule has 1 aromatic carbocycles. The van der Waals surface area contributed by atoms with Crippen LogP contribution in [0.5, 0.6) is 5.75 Å². The van der Waals surface area contributed by atoms with Crippen molar-refractivity contribution < 1.29 is 9.26 Å². The van der Waals surface area contributed by atoms with Gasteiger partial charge in [-0.15, -0.1) is 0 Å². The summed E-state index contributed by atoms with van der Waals surface area (Å²) in [6.07, 6.45) is 0. The number of hydrogen-bond acceptors (Lipinski definition) is 6. The molecule has 2 N–H and O–H groups in total. The lowest BCUT2D eigenvalue weighted by molar-refractivity contribution is 0.393. The first-order valence-corrected chi connectivity index (χ1v) is 9.44. The van der Waals surface area contributed by atoms with Gasteiger partial charge in [-0.1, -0.05) is 19.0 Å². The summed E-state index contributed by atoms with van der Waals surface area (Å²) in [6, 6.07) is 4.11. The molecule has 0 radical (unpaired) electrons. The first-order chi connectivity index (χ1) is 13.4. The fourth-order valence-electron chi connectivity index (χ4n) is 3.60. The minimum atomic E-state index is 0.510. The van der Waals surface area contributed by atoms with Crippen LogP contribution in [0.2, 0.25) is 0 Å². The molecular weight excluding hydrogens is 354 g/mol. The van der Waals surface area contributed by atoms with Crippen LogP contribution in [0.25, 0.3) is 33.1 Å². The molecule has 28 heavy (non-hydrogen) atoms. The van der Waals surface area contributed by atoms with Crippen molar-refractivity contribution in [1.82, 2.24) is 20.1 Å². The second-order valence-electron chi connectivity index (χ2n) is 7.54. The number of aryl methyl sites for hydroxylation is 3. The van der Waals surface area contributed by atoms with Crippen LogP contribution >= 0.6 is 0 Å². The van der Waals surface area contributed by atoms with Crippen LogP contribution in [-0.2, 0) is 0 Å². The SMILES string of the molecule is COc1cc2c(cc1-c1c(C)noc1C)[nH]c1nc(C)nc(NCC(C)C)c12. The molecule has 0 spiro atoms. The highest BCUT2D eigenvalue weighted by molar-refractivity contribution is 6.12. The second kappa shape index (κ2) is 6.82. The Morgan fingerprint density at radius 3 is 2.61 bits per heavy atom. The van der Waals surface area contributed by atoms with Crippen molar-refractivity contribution in [3.05, 3.63) is 29.4 Å². The summed E-state index contributed by atoms with van der Waals surface area (Å²) in [7, 11) is 1.68. The predicted octanol–water partition coefficient (Wildman–Crippen LogP) is 4.77. The van der Waals surface area contributed by atoms with E-state index in [2.05, 4.69) is 45.3 Å². The number of nitrogens with one attached hydrogen (secondary N) is 2. The van der Waals surface area contributed by atoms with E-state index in [1.165, 1.54) is 0 Å². The predicted molar refractivity (Wildman–Crippen MR) is 111 cm³/mol. The first-order valence-electron chi connectivity index (χ1n) is 9.44. The quantitative estimate of drug-likeness (QED) is 0.519. The van der Waals surface area contributed by atoms with E-state index >= 15 is 0 Å². The fraction of sp³-hybridized carbons (Fsp3) is 0.381. The summed E-state index contributed by atoms with van der Waals surface area (Å²) < 4.78 is 11.1. The molecule has 4 aromatic rings. The summed E-state index contributed by atoms with van der Waals surface area (Å²) >= 11 is 0. The molecule has 0 unspecified atom stereocenters. The zero-order valence-electron chi connectivity index (χ0n) is 17.1. The number of aromatic amines is 1. The normalized spacial score (nSPS) is 11.7. The van der Waals surface area contributed by atoms with Crippen molar-refractivity contribution in [3.63, 3.8) is 0 Å². The number of rotatable bonds is 5. The van der Waals surface area contributed by atoms with E-state index in [-0.39, 0.29) is 0 Å². The Morgan fingerprint density at radius 1 is 1.18 bits per heavy atom. The van der Waals surface area contributed by atoms with Gasteiger partial charge in [0.05, 0.1) is 23.8 Å². The second-order valence-corrected chi connectivity index (χ2v) is 7.54. The van der Waals surface area contributed by atoms with Gasteiger partial charge in [-0.25, -0.2) is 9.97 Å². The summed E-state index contributed by atoms with van der Waals surface area (Å²) in [5, 5.41) is 9.55. The molecule has 0 aliphatic carbocycles. The number of nitrogens with zero attached hydrogens (tertiary/aromatic N) is 3. The maximum Gasteiger partial charge on any atom is 0.144 e. The number of anilines is 1. The maximum atomic E-state index is 5.72. The average molecular weight is 379 g/mol. The third-order valence-electron chi connectivity index (χ3n) is 4.86. The monoisotopic (exact) mass is 379 g/mol. The number of methoxy groups -OCH3 is 1. The molecule has 0 aliphatic heterocycles. The van der Waals surface area contributed by atoms with Crippen LogP contribution in [-0.4, -0.2) is 33.8 Å². The van der Waals surface area contributed by atoms with E-state index in [4.69, 9.17) is 9.26 Å². The summed E-state index contributed by atoms with van der Waals surface area (Å²) in [4.78, 5) is 12.7. The third kappa shape index (κ3) is 2.96. The Hall–Kier alpha value is -3.09. The molecule has 4 rings (SSSR count). The Balaban J connectivity index is 1.99. The van der Waals surface area contributed by atoms with E-state index in [9.17, 15) is 0 Å². The summed E-state index contributed by atoms with van der Waals surface area (Å²) in [5.74, 6) is 3.60. The van der Waals surface area contributed by atoms with Crippen LogP contribution in [0.3, 0.4) is 0 Å². The Kier molecular flexibility index (Phi) is 4.45. The van der Waals surface area contributed by atoms with Gasteiger partial charge in [-0.05, 0) is 38.8 Å². The number of H-pyrrole nitrogens is 1. The molecule has 0 bridgehead atoms. The molecule has 0 amide bonds. The van der Waals surface area contributed by atoms with Gasteiger partial charge in [-0.3, -0.25) is 0 Å². The molecule has 3 heterocycles. The molecule has 146 valence electrons. The summed E-state index contributed by atoms with van der Waals surface area (Å²) in [6.45, 7) is 10.9. The van der Waals surface area contributed by atoms with E-state index in [0.29, 0.717) is 5.92 Å². The number of ether oxygens (including phenoxy) is 1. The largest absolute Gasteiger partial charge is 0.496 e. The smallest absolute Gasteiger partial charge is 0.144 e. The average Bonchev–Trinajstić information content (AvgIpc) is 3.16. The van der Waals surface area contributed by atoms with Crippen LogP contribution in [0.4, 0.5) is 5.82 Å². The van der Waals surface area contributed by atoms with Gasteiger partial charge in [0.25, 0.3) is 0 Å². The topological polar surface area (TPSA) is 88.9 Å². The highest BCUT2D eigenvalue weighted by Gasteiger charge is 2.20. The van der Waals surface area contributed by atoms with Crippen molar-refractivity contribution in [2.45, 2.75) is 34.6 Å². The molecule has 0 saturated carbocycles. The molecule has 7 heteroatoms. The molecule has 0 aliphatic rings. The first kappa shape index (κ1) is 18.3. The Labute approximate surface area is 163 Å². The molecule has 3 aromatic heterocycles. The number of aromatic nitrogens is 4. The van der Waals surface area contributed by atoms with E-state index in [1.807, 2.05) is 26.8 Å². The Bertz CT molecular complexity index is 1150. The van der Waals surface area contributed by atoms with Gasteiger partial charge in [0.15, 0.2) is 0 Å².